The zero-order valence-electron chi connectivity index (χ0n) is 14.9. The molecule has 0 radical (unpaired) electrons. The first-order valence-electron chi connectivity index (χ1n) is 8.85. The summed E-state index contributed by atoms with van der Waals surface area (Å²) in [5, 5.41) is 20.3. The highest BCUT2D eigenvalue weighted by molar-refractivity contribution is 7.80. The number of hydrazone groups is 1. The fourth-order valence-electron chi connectivity index (χ4n) is 3.04. The molecule has 0 aromatic heterocycles. The lowest BCUT2D eigenvalue weighted by molar-refractivity contribution is -0.906. The molecule has 0 saturated carbocycles. The Morgan fingerprint density at radius 3 is 2.81 bits per heavy atom. The Balaban J connectivity index is 1.54. The molecule has 0 unspecified atom stereocenters. The first-order chi connectivity index (χ1) is 12.6. The summed E-state index contributed by atoms with van der Waals surface area (Å²) in [6.07, 6.45) is 0. The van der Waals surface area contributed by atoms with Gasteiger partial charge in [0.1, 0.15) is 18.8 Å². The summed E-state index contributed by atoms with van der Waals surface area (Å²) in [6.45, 7) is 7.38. The molecule has 138 valence electrons. The molecule has 4 N–H and O–H groups in total. The van der Waals surface area contributed by atoms with Crippen molar-refractivity contribution in [2.45, 2.75) is 6.92 Å². The van der Waals surface area contributed by atoms with Crippen molar-refractivity contribution in [2.75, 3.05) is 39.4 Å². The van der Waals surface area contributed by atoms with Crippen LogP contribution in [0.1, 0.15) is 12.5 Å². The zero-order chi connectivity index (χ0) is 18.4. The van der Waals surface area contributed by atoms with Gasteiger partial charge in [0.2, 0.25) is 0 Å². The molecular weight excluding hydrogens is 348 g/mol. The molecule has 1 heterocycles. The van der Waals surface area contributed by atoms with Crippen LogP contribution < -0.4 is 15.6 Å². The van der Waals surface area contributed by atoms with Gasteiger partial charge in [-0.3, -0.25) is 5.43 Å². The number of hydrogen-bond donors (Lipinski definition) is 4. The lowest BCUT2D eigenvalue weighted by atomic mass is 10.0. The van der Waals surface area contributed by atoms with Crippen LogP contribution in [0.2, 0.25) is 0 Å². The number of morpholine rings is 1. The van der Waals surface area contributed by atoms with Crippen LogP contribution in [-0.2, 0) is 4.74 Å². The fourth-order valence-corrected chi connectivity index (χ4v) is 3.19. The third-order valence-corrected chi connectivity index (χ3v) is 4.82. The molecule has 6 nitrogen and oxygen atoms in total. The van der Waals surface area contributed by atoms with E-state index in [2.05, 4.69) is 15.8 Å². The number of aromatic hydroxyl groups is 1. The fraction of sp³-hybridized carbons (Fsp3) is 0.368. The van der Waals surface area contributed by atoms with E-state index in [1.54, 1.807) is 0 Å². The topological polar surface area (TPSA) is 70.3 Å². The molecule has 3 rings (SSSR count). The first kappa shape index (κ1) is 18.6. The van der Waals surface area contributed by atoms with Crippen molar-refractivity contribution in [3.8, 4) is 5.75 Å². The molecule has 2 aromatic rings. The van der Waals surface area contributed by atoms with Gasteiger partial charge in [0.05, 0.1) is 32.0 Å². The molecule has 0 spiro atoms. The van der Waals surface area contributed by atoms with Gasteiger partial charge >= 0.3 is 0 Å². The Hall–Kier alpha value is -2.22. The molecule has 0 aliphatic carbocycles. The lowest BCUT2D eigenvalue weighted by Gasteiger charge is -2.23. The van der Waals surface area contributed by atoms with Crippen molar-refractivity contribution in [3.05, 3.63) is 42.0 Å². The molecule has 1 fully saturated rings. The maximum Gasteiger partial charge on any atom is 0.187 e. The Bertz CT molecular complexity index is 803. The van der Waals surface area contributed by atoms with Crippen molar-refractivity contribution < 1.29 is 14.7 Å². The number of quaternary nitrogens is 1. The number of benzene rings is 2. The molecule has 1 aliphatic rings. The Kier molecular flexibility index (Phi) is 6.38. The number of hydrogen-bond acceptors (Lipinski definition) is 4. The normalized spacial score (nSPS) is 15.8. The van der Waals surface area contributed by atoms with Crippen LogP contribution >= 0.6 is 12.2 Å². The molecule has 1 aliphatic heterocycles. The average molecular weight is 374 g/mol. The van der Waals surface area contributed by atoms with Gasteiger partial charge in [0, 0.05) is 10.9 Å². The summed E-state index contributed by atoms with van der Waals surface area (Å²) in [5.74, 6) is 0.237. The minimum atomic E-state index is 0.237. The second-order valence-electron chi connectivity index (χ2n) is 6.36. The molecule has 7 heteroatoms. The maximum absolute atomic E-state index is 10.5. The maximum atomic E-state index is 10.5. The van der Waals surface area contributed by atoms with E-state index < -0.39 is 0 Å². The number of thiocarbonyl (C=S) groups is 1. The minimum absolute atomic E-state index is 0.237. The second-order valence-corrected chi connectivity index (χ2v) is 6.77. The van der Waals surface area contributed by atoms with Crippen LogP contribution in [0.4, 0.5) is 0 Å². The van der Waals surface area contributed by atoms with Gasteiger partial charge in [0.25, 0.3) is 0 Å². The number of ether oxygens (including phenoxy) is 1. The van der Waals surface area contributed by atoms with Crippen LogP contribution in [0.15, 0.2) is 41.5 Å². The van der Waals surface area contributed by atoms with Crippen molar-refractivity contribution in [1.82, 2.24) is 10.7 Å². The summed E-state index contributed by atoms with van der Waals surface area (Å²) in [4.78, 5) is 1.52. The Morgan fingerprint density at radius 2 is 2.00 bits per heavy atom. The number of phenols is 1. The third-order valence-electron chi connectivity index (χ3n) is 4.58. The first-order valence-corrected chi connectivity index (χ1v) is 9.26. The predicted octanol–water partition coefficient (Wildman–Crippen LogP) is 0.649. The summed E-state index contributed by atoms with van der Waals surface area (Å²) >= 11 is 5.27. The number of nitrogens with zero attached hydrogens (tertiary/aromatic N) is 1. The highest BCUT2D eigenvalue weighted by atomic mass is 32.1. The van der Waals surface area contributed by atoms with Gasteiger partial charge in [-0.25, -0.2) is 0 Å². The van der Waals surface area contributed by atoms with E-state index in [9.17, 15) is 5.11 Å². The van der Waals surface area contributed by atoms with Crippen LogP contribution in [0.25, 0.3) is 10.8 Å². The SMILES string of the molecule is C/C(=N\NC(=S)NCC[NH+]1CCOCC1)c1ccc2ccccc2c1O. The number of phenolic OH excluding ortho intramolecular Hbond substituents is 1. The van der Waals surface area contributed by atoms with Crippen LogP contribution in [-0.4, -0.2) is 55.3 Å². The predicted molar refractivity (Wildman–Crippen MR) is 108 cm³/mol. The summed E-state index contributed by atoms with van der Waals surface area (Å²) < 4.78 is 5.35. The van der Waals surface area contributed by atoms with Gasteiger partial charge in [-0.1, -0.05) is 30.3 Å². The van der Waals surface area contributed by atoms with Crippen molar-refractivity contribution in [3.63, 3.8) is 0 Å². The van der Waals surface area contributed by atoms with E-state index in [1.165, 1.54) is 4.90 Å². The van der Waals surface area contributed by atoms with E-state index >= 15 is 0 Å². The summed E-state index contributed by atoms with van der Waals surface area (Å²) in [5.41, 5.74) is 4.23. The van der Waals surface area contributed by atoms with Crippen molar-refractivity contribution >= 4 is 33.8 Å². The van der Waals surface area contributed by atoms with E-state index in [-0.39, 0.29) is 5.75 Å². The van der Waals surface area contributed by atoms with Crippen LogP contribution in [0.3, 0.4) is 0 Å². The van der Waals surface area contributed by atoms with Crippen molar-refractivity contribution in [1.29, 1.82) is 0 Å². The zero-order valence-corrected chi connectivity index (χ0v) is 15.7. The highest BCUT2D eigenvalue weighted by Gasteiger charge is 2.13. The van der Waals surface area contributed by atoms with Crippen LogP contribution in [0, 0.1) is 0 Å². The van der Waals surface area contributed by atoms with E-state index in [0.717, 1.165) is 50.2 Å². The second kappa shape index (κ2) is 8.93. The van der Waals surface area contributed by atoms with Gasteiger partial charge in [-0.05, 0) is 30.6 Å². The molecule has 26 heavy (non-hydrogen) atoms. The minimum Gasteiger partial charge on any atom is -0.507 e. The van der Waals surface area contributed by atoms with Gasteiger partial charge in [-0.2, -0.15) is 5.10 Å². The molecule has 1 saturated heterocycles. The van der Waals surface area contributed by atoms with Gasteiger partial charge in [0.15, 0.2) is 5.11 Å². The van der Waals surface area contributed by atoms with E-state index in [0.29, 0.717) is 16.4 Å². The van der Waals surface area contributed by atoms with E-state index in [4.69, 9.17) is 17.0 Å². The smallest absolute Gasteiger partial charge is 0.187 e. The summed E-state index contributed by atoms with van der Waals surface area (Å²) in [7, 11) is 0. The monoisotopic (exact) mass is 373 g/mol. The Morgan fingerprint density at radius 1 is 1.23 bits per heavy atom. The van der Waals surface area contributed by atoms with E-state index in [1.807, 2.05) is 43.3 Å². The number of rotatable bonds is 5. The summed E-state index contributed by atoms with van der Waals surface area (Å²) in [6, 6.07) is 11.6. The molecular formula is C19H25N4O2S+. The third kappa shape index (κ3) is 4.69. The molecule has 2 aromatic carbocycles. The average Bonchev–Trinajstić information content (AvgIpc) is 2.67. The molecule has 0 amide bonds. The van der Waals surface area contributed by atoms with Gasteiger partial charge in [-0.15, -0.1) is 0 Å². The highest BCUT2D eigenvalue weighted by Crippen LogP contribution is 2.28. The molecule has 0 atom stereocenters. The molecule has 0 bridgehead atoms. The number of fused-ring (bicyclic) bond motifs is 1. The quantitative estimate of drug-likeness (QED) is 0.352. The van der Waals surface area contributed by atoms with Crippen LogP contribution in [0.5, 0.6) is 5.75 Å². The largest absolute Gasteiger partial charge is 0.507 e. The lowest BCUT2D eigenvalue weighted by Crippen LogP contribution is -3.14. The number of nitrogens with one attached hydrogen (secondary N) is 3. The standard InChI is InChI=1S/C19H24N4O2S/c1-14(16-7-6-15-4-2-3-5-17(15)18(16)24)21-22-19(26)20-8-9-23-10-12-25-13-11-23/h2-7,24H,8-13H2,1H3,(H2,20,22,26)/p+1/b21-14+. The van der Waals surface area contributed by atoms with Crippen molar-refractivity contribution in [2.24, 2.45) is 5.10 Å². The Labute approximate surface area is 158 Å². The van der Waals surface area contributed by atoms with Gasteiger partial charge < -0.3 is 20.1 Å².